The number of nitrogens with one attached hydrogen (secondary N) is 1. The monoisotopic (exact) mass is 311 g/mol. The molecule has 122 valence electrons. The van der Waals surface area contributed by atoms with Gasteiger partial charge in [0, 0.05) is 18.7 Å². The third-order valence-electron chi connectivity index (χ3n) is 3.86. The van der Waals surface area contributed by atoms with Crippen LogP contribution in [0, 0.1) is 0 Å². The first-order chi connectivity index (χ1) is 11.3. The van der Waals surface area contributed by atoms with E-state index in [0.29, 0.717) is 18.5 Å². The van der Waals surface area contributed by atoms with Crippen LogP contribution in [0.3, 0.4) is 0 Å². The first-order valence-corrected chi connectivity index (χ1v) is 8.31. The molecule has 3 nitrogen and oxygen atoms in total. The Morgan fingerprint density at radius 1 is 0.826 bits per heavy atom. The standard InChI is InChI=1S/C20H25NO2/c22-16-6-15-21-20(23)19-13-11-18(12-14-19)10-5-4-9-17-7-2-1-3-8-17/h1-3,7-8,11-14,22H,4-6,9-10,15-16H2,(H,21,23). The Bertz CT molecular complexity index is 578. The average molecular weight is 311 g/mol. The lowest BCUT2D eigenvalue weighted by atomic mass is 10.0. The molecule has 2 N–H and O–H groups in total. The first kappa shape index (κ1) is 17.2. The first-order valence-electron chi connectivity index (χ1n) is 8.31. The van der Waals surface area contributed by atoms with E-state index in [2.05, 4.69) is 29.6 Å². The number of rotatable bonds is 9. The lowest BCUT2D eigenvalue weighted by Gasteiger charge is -2.06. The van der Waals surface area contributed by atoms with Gasteiger partial charge in [-0.05, 0) is 55.4 Å². The fourth-order valence-electron chi connectivity index (χ4n) is 2.51. The van der Waals surface area contributed by atoms with Gasteiger partial charge in [-0.25, -0.2) is 0 Å². The quantitative estimate of drug-likeness (QED) is 0.698. The largest absolute Gasteiger partial charge is 0.396 e. The molecule has 0 aliphatic rings. The summed E-state index contributed by atoms with van der Waals surface area (Å²) in [6.45, 7) is 0.610. The fraction of sp³-hybridized carbons (Fsp3) is 0.350. The Balaban J connectivity index is 1.71. The molecule has 0 aliphatic carbocycles. The van der Waals surface area contributed by atoms with Crippen LogP contribution in [-0.4, -0.2) is 24.2 Å². The van der Waals surface area contributed by atoms with E-state index in [1.807, 2.05) is 30.3 Å². The van der Waals surface area contributed by atoms with Crippen LogP contribution in [0.1, 0.15) is 40.7 Å². The molecular weight excluding hydrogens is 286 g/mol. The predicted molar refractivity (Wildman–Crippen MR) is 93.6 cm³/mol. The van der Waals surface area contributed by atoms with E-state index in [9.17, 15) is 4.79 Å². The molecule has 0 bridgehead atoms. The van der Waals surface area contributed by atoms with Crippen LogP contribution in [0.15, 0.2) is 54.6 Å². The van der Waals surface area contributed by atoms with Crippen LogP contribution in [-0.2, 0) is 12.8 Å². The molecule has 3 heteroatoms. The van der Waals surface area contributed by atoms with E-state index in [0.717, 1.165) is 19.3 Å². The van der Waals surface area contributed by atoms with Gasteiger partial charge in [-0.1, -0.05) is 42.5 Å². The second-order valence-corrected chi connectivity index (χ2v) is 5.72. The summed E-state index contributed by atoms with van der Waals surface area (Å²) in [6, 6.07) is 18.4. The van der Waals surface area contributed by atoms with Crippen molar-refractivity contribution >= 4 is 5.91 Å². The minimum absolute atomic E-state index is 0.0749. The highest BCUT2D eigenvalue weighted by Crippen LogP contribution is 2.10. The normalized spacial score (nSPS) is 10.5. The van der Waals surface area contributed by atoms with E-state index < -0.39 is 0 Å². The summed E-state index contributed by atoms with van der Waals surface area (Å²) in [7, 11) is 0. The van der Waals surface area contributed by atoms with Crippen molar-refractivity contribution in [3.8, 4) is 0 Å². The second-order valence-electron chi connectivity index (χ2n) is 5.72. The van der Waals surface area contributed by atoms with Crippen molar-refractivity contribution in [2.24, 2.45) is 0 Å². The molecule has 0 atom stereocenters. The SMILES string of the molecule is O=C(NCCCO)c1ccc(CCCCc2ccccc2)cc1. The molecule has 0 fully saturated rings. The van der Waals surface area contributed by atoms with Crippen LogP contribution in [0.2, 0.25) is 0 Å². The molecule has 0 saturated heterocycles. The molecule has 1 amide bonds. The van der Waals surface area contributed by atoms with Gasteiger partial charge in [0.15, 0.2) is 0 Å². The van der Waals surface area contributed by atoms with Gasteiger partial charge in [-0.2, -0.15) is 0 Å². The molecule has 0 aromatic heterocycles. The molecule has 2 aromatic carbocycles. The van der Waals surface area contributed by atoms with E-state index in [-0.39, 0.29) is 12.5 Å². The number of benzene rings is 2. The second kappa shape index (κ2) is 9.80. The van der Waals surface area contributed by atoms with Crippen molar-refractivity contribution < 1.29 is 9.90 Å². The third kappa shape index (κ3) is 6.25. The van der Waals surface area contributed by atoms with Gasteiger partial charge in [0.2, 0.25) is 0 Å². The highest BCUT2D eigenvalue weighted by Gasteiger charge is 2.04. The Morgan fingerprint density at radius 3 is 2.04 bits per heavy atom. The number of hydrogen-bond donors (Lipinski definition) is 2. The molecule has 23 heavy (non-hydrogen) atoms. The summed E-state index contributed by atoms with van der Waals surface area (Å²) in [4.78, 5) is 11.9. The number of aliphatic hydroxyl groups excluding tert-OH is 1. The Labute approximate surface area is 138 Å². The van der Waals surface area contributed by atoms with E-state index in [1.165, 1.54) is 17.5 Å². The van der Waals surface area contributed by atoms with Crippen LogP contribution >= 0.6 is 0 Å². The minimum Gasteiger partial charge on any atom is -0.396 e. The van der Waals surface area contributed by atoms with Crippen LogP contribution in [0.4, 0.5) is 0 Å². The highest BCUT2D eigenvalue weighted by molar-refractivity contribution is 5.94. The highest BCUT2D eigenvalue weighted by atomic mass is 16.3. The Kier molecular flexibility index (Phi) is 7.34. The topological polar surface area (TPSA) is 49.3 Å². The molecule has 0 aliphatic heterocycles. The van der Waals surface area contributed by atoms with Gasteiger partial charge in [0.05, 0.1) is 0 Å². The van der Waals surface area contributed by atoms with Crippen molar-refractivity contribution in [2.45, 2.75) is 32.1 Å². The molecule has 2 rings (SSSR count). The molecule has 0 saturated carbocycles. The van der Waals surface area contributed by atoms with Crippen LogP contribution in [0.5, 0.6) is 0 Å². The van der Waals surface area contributed by atoms with Crippen molar-refractivity contribution in [1.82, 2.24) is 5.32 Å². The average Bonchev–Trinajstić information content (AvgIpc) is 2.60. The molecular formula is C20H25NO2. The summed E-state index contributed by atoms with van der Waals surface area (Å²) in [5, 5.41) is 11.5. The van der Waals surface area contributed by atoms with Crippen molar-refractivity contribution in [3.63, 3.8) is 0 Å². The summed E-state index contributed by atoms with van der Waals surface area (Å²) in [5.41, 5.74) is 3.34. The number of hydrogen-bond acceptors (Lipinski definition) is 2. The van der Waals surface area contributed by atoms with Gasteiger partial charge in [-0.3, -0.25) is 4.79 Å². The van der Waals surface area contributed by atoms with Gasteiger partial charge in [0.25, 0.3) is 5.91 Å². The summed E-state index contributed by atoms with van der Waals surface area (Å²) < 4.78 is 0. The number of carbonyl (C=O) groups is 1. The smallest absolute Gasteiger partial charge is 0.251 e. The van der Waals surface area contributed by atoms with Gasteiger partial charge in [0.1, 0.15) is 0 Å². The zero-order valence-electron chi connectivity index (χ0n) is 13.5. The van der Waals surface area contributed by atoms with E-state index >= 15 is 0 Å². The molecule has 0 unspecified atom stereocenters. The van der Waals surface area contributed by atoms with E-state index in [1.54, 1.807) is 0 Å². The molecule has 0 radical (unpaired) electrons. The predicted octanol–water partition coefficient (Wildman–Crippen LogP) is 3.36. The Hall–Kier alpha value is -2.13. The van der Waals surface area contributed by atoms with Crippen LogP contribution in [0.25, 0.3) is 0 Å². The Morgan fingerprint density at radius 2 is 1.43 bits per heavy atom. The van der Waals surface area contributed by atoms with Gasteiger partial charge in [-0.15, -0.1) is 0 Å². The third-order valence-corrected chi connectivity index (χ3v) is 3.86. The van der Waals surface area contributed by atoms with Gasteiger partial charge >= 0.3 is 0 Å². The summed E-state index contributed by atoms with van der Waals surface area (Å²) in [5.74, 6) is -0.0749. The van der Waals surface area contributed by atoms with Crippen molar-refractivity contribution in [1.29, 1.82) is 0 Å². The molecule has 0 spiro atoms. The molecule has 0 heterocycles. The number of carbonyl (C=O) groups excluding carboxylic acids is 1. The van der Waals surface area contributed by atoms with Crippen molar-refractivity contribution in [3.05, 3.63) is 71.3 Å². The summed E-state index contributed by atoms with van der Waals surface area (Å²) >= 11 is 0. The minimum atomic E-state index is -0.0749. The van der Waals surface area contributed by atoms with Gasteiger partial charge < -0.3 is 10.4 Å². The lowest BCUT2D eigenvalue weighted by Crippen LogP contribution is -2.24. The van der Waals surface area contributed by atoms with E-state index in [4.69, 9.17) is 5.11 Å². The zero-order valence-corrected chi connectivity index (χ0v) is 13.5. The zero-order chi connectivity index (χ0) is 16.3. The number of aryl methyl sites for hydroxylation is 2. The molecule has 2 aromatic rings. The lowest BCUT2D eigenvalue weighted by molar-refractivity contribution is 0.0951. The maximum atomic E-state index is 11.9. The maximum Gasteiger partial charge on any atom is 0.251 e. The fourth-order valence-corrected chi connectivity index (χ4v) is 2.51. The number of amides is 1. The van der Waals surface area contributed by atoms with Crippen LogP contribution < -0.4 is 5.32 Å². The number of aliphatic hydroxyl groups is 1. The number of unbranched alkanes of at least 4 members (excludes halogenated alkanes) is 1. The van der Waals surface area contributed by atoms with Crippen molar-refractivity contribution in [2.75, 3.05) is 13.2 Å². The summed E-state index contributed by atoms with van der Waals surface area (Å²) in [6.07, 6.45) is 5.07. The maximum absolute atomic E-state index is 11.9.